The number of benzene rings is 1. The molecule has 1 saturated carbocycles. The van der Waals surface area contributed by atoms with E-state index in [9.17, 15) is 9.90 Å². The number of nitrogens with one attached hydrogen (secondary N) is 1. The minimum atomic E-state index is -0.152. The maximum absolute atomic E-state index is 11.9. The third kappa shape index (κ3) is 3.47. The van der Waals surface area contributed by atoms with E-state index in [2.05, 4.69) is 5.32 Å². The normalized spacial score (nSPS) is 23.7. The molecular weight excluding hydrogens is 250 g/mol. The average molecular weight is 268 g/mol. The van der Waals surface area contributed by atoms with E-state index < -0.39 is 0 Å². The van der Waals surface area contributed by atoms with Crippen LogP contribution in [0.1, 0.15) is 36.0 Å². The van der Waals surface area contributed by atoms with Crippen LogP contribution in [0.15, 0.2) is 24.3 Å². The number of hydrogen-bond acceptors (Lipinski definition) is 2. The average Bonchev–Trinajstić information content (AvgIpc) is 2.38. The van der Waals surface area contributed by atoms with Gasteiger partial charge in [-0.15, -0.1) is 0 Å². The van der Waals surface area contributed by atoms with Gasteiger partial charge in [0.05, 0.1) is 16.7 Å². The number of aliphatic hydroxyl groups excluding tert-OH is 1. The Bertz CT molecular complexity index is 414. The lowest BCUT2D eigenvalue weighted by atomic mass is 9.87. The van der Waals surface area contributed by atoms with Gasteiger partial charge in [-0.2, -0.15) is 0 Å². The van der Waals surface area contributed by atoms with Crippen molar-refractivity contribution in [2.45, 2.75) is 31.8 Å². The highest BCUT2D eigenvalue weighted by Crippen LogP contribution is 2.23. The van der Waals surface area contributed by atoms with Crippen LogP contribution in [0.4, 0.5) is 0 Å². The number of carbonyl (C=O) groups is 1. The molecule has 18 heavy (non-hydrogen) atoms. The van der Waals surface area contributed by atoms with Crippen LogP contribution < -0.4 is 5.32 Å². The molecule has 1 amide bonds. The Kier molecular flexibility index (Phi) is 4.61. The van der Waals surface area contributed by atoms with Gasteiger partial charge in [0.15, 0.2) is 0 Å². The van der Waals surface area contributed by atoms with Gasteiger partial charge in [0.1, 0.15) is 0 Å². The van der Waals surface area contributed by atoms with Crippen LogP contribution >= 0.6 is 11.6 Å². The first-order valence-electron chi connectivity index (χ1n) is 6.37. The maximum atomic E-state index is 11.9. The Morgan fingerprint density at radius 2 is 1.94 bits per heavy atom. The molecule has 0 saturated heterocycles. The van der Waals surface area contributed by atoms with Crippen molar-refractivity contribution in [1.82, 2.24) is 5.32 Å². The summed E-state index contributed by atoms with van der Waals surface area (Å²) in [5.74, 6) is 0.353. The molecule has 0 atom stereocenters. The van der Waals surface area contributed by atoms with Gasteiger partial charge in [-0.05, 0) is 43.7 Å². The zero-order valence-corrected chi connectivity index (χ0v) is 11.0. The molecular formula is C14H18ClNO2. The van der Waals surface area contributed by atoms with Crippen LogP contribution in [0.3, 0.4) is 0 Å². The van der Waals surface area contributed by atoms with Gasteiger partial charge in [0, 0.05) is 6.54 Å². The highest BCUT2D eigenvalue weighted by atomic mass is 35.5. The van der Waals surface area contributed by atoms with Crippen LogP contribution in [0.2, 0.25) is 5.02 Å². The first-order chi connectivity index (χ1) is 8.66. The van der Waals surface area contributed by atoms with Crippen LogP contribution in [0.25, 0.3) is 0 Å². The first kappa shape index (κ1) is 13.4. The molecule has 98 valence electrons. The molecule has 0 unspecified atom stereocenters. The monoisotopic (exact) mass is 267 g/mol. The van der Waals surface area contributed by atoms with E-state index in [0.29, 0.717) is 23.0 Å². The molecule has 3 nitrogen and oxygen atoms in total. The smallest absolute Gasteiger partial charge is 0.252 e. The summed E-state index contributed by atoms with van der Waals surface area (Å²) < 4.78 is 0. The quantitative estimate of drug-likeness (QED) is 0.885. The van der Waals surface area contributed by atoms with Crippen molar-refractivity contribution in [3.05, 3.63) is 34.9 Å². The zero-order chi connectivity index (χ0) is 13.0. The highest BCUT2D eigenvalue weighted by Gasteiger charge is 2.20. The van der Waals surface area contributed by atoms with Gasteiger partial charge in [-0.25, -0.2) is 0 Å². The standard InChI is InChI=1S/C14H18ClNO2/c15-13-4-2-1-3-12(13)14(18)16-9-10-5-7-11(17)8-6-10/h1-4,10-11,17H,5-9H2,(H,16,18). The molecule has 0 aromatic heterocycles. The summed E-state index contributed by atoms with van der Waals surface area (Å²) >= 11 is 5.97. The van der Waals surface area contributed by atoms with E-state index in [-0.39, 0.29) is 12.0 Å². The summed E-state index contributed by atoms with van der Waals surface area (Å²) in [7, 11) is 0. The van der Waals surface area contributed by atoms with Crippen molar-refractivity contribution >= 4 is 17.5 Å². The van der Waals surface area contributed by atoms with E-state index in [0.717, 1.165) is 25.7 Å². The molecule has 2 rings (SSSR count). The summed E-state index contributed by atoms with van der Waals surface area (Å²) in [6.45, 7) is 0.663. The Morgan fingerprint density at radius 3 is 2.61 bits per heavy atom. The molecule has 0 bridgehead atoms. The van der Waals surface area contributed by atoms with Crippen molar-refractivity contribution < 1.29 is 9.90 Å². The van der Waals surface area contributed by atoms with Gasteiger partial charge in [-0.3, -0.25) is 4.79 Å². The predicted molar refractivity (Wildman–Crippen MR) is 71.8 cm³/mol. The fourth-order valence-electron chi connectivity index (χ4n) is 2.33. The van der Waals surface area contributed by atoms with Crippen LogP contribution in [0.5, 0.6) is 0 Å². The summed E-state index contributed by atoms with van der Waals surface area (Å²) in [6, 6.07) is 7.05. The number of aliphatic hydroxyl groups is 1. The minimum absolute atomic E-state index is 0.119. The van der Waals surface area contributed by atoms with Gasteiger partial charge in [-0.1, -0.05) is 23.7 Å². The maximum Gasteiger partial charge on any atom is 0.252 e. The fourth-order valence-corrected chi connectivity index (χ4v) is 2.55. The van der Waals surface area contributed by atoms with Gasteiger partial charge in [0.25, 0.3) is 5.91 Å². The predicted octanol–water partition coefficient (Wildman–Crippen LogP) is 2.62. The van der Waals surface area contributed by atoms with Gasteiger partial charge < -0.3 is 10.4 Å². The second-order valence-corrected chi connectivity index (χ2v) is 5.27. The molecule has 0 radical (unpaired) electrons. The van der Waals surface area contributed by atoms with Gasteiger partial charge >= 0.3 is 0 Å². The van der Waals surface area contributed by atoms with Crippen LogP contribution in [0, 0.1) is 5.92 Å². The van der Waals surface area contributed by atoms with Gasteiger partial charge in [0.2, 0.25) is 0 Å². The zero-order valence-electron chi connectivity index (χ0n) is 10.2. The number of amides is 1. The van der Waals surface area contributed by atoms with Crippen molar-refractivity contribution in [3.63, 3.8) is 0 Å². The lowest BCUT2D eigenvalue weighted by molar-refractivity contribution is 0.0910. The number of halogens is 1. The molecule has 1 fully saturated rings. The fraction of sp³-hybridized carbons (Fsp3) is 0.500. The number of carbonyl (C=O) groups excluding carboxylic acids is 1. The minimum Gasteiger partial charge on any atom is -0.393 e. The Labute approximate surface area is 112 Å². The van der Waals surface area contributed by atoms with Crippen molar-refractivity contribution in [3.8, 4) is 0 Å². The second-order valence-electron chi connectivity index (χ2n) is 4.86. The van der Waals surface area contributed by atoms with E-state index >= 15 is 0 Å². The summed E-state index contributed by atoms with van der Waals surface area (Å²) in [6.07, 6.45) is 3.48. The SMILES string of the molecule is O=C(NCC1CCC(O)CC1)c1ccccc1Cl. The molecule has 1 aliphatic carbocycles. The van der Waals surface area contributed by atoms with Crippen molar-refractivity contribution in [2.24, 2.45) is 5.92 Å². The third-order valence-corrected chi connectivity index (χ3v) is 3.82. The lowest BCUT2D eigenvalue weighted by Crippen LogP contribution is -2.32. The molecule has 0 aliphatic heterocycles. The van der Waals surface area contributed by atoms with Crippen LogP contribution in [-0.4, -0.2) is 23.7 Å². The largest absolute Gasteiger partial charge is 0.393 e. The molecule has 1 aromatic carbocycles. The van der Waals surface area contributed by atoms with Crippen LogP contribution in [-0.2, 0) is 0 Å². The number of hydrogen-bond donors (Lipinski definition) is 2. The molecule has 0 heterocycles. The molecule has 0 spiro atoms. The third-order valence-electron chi connectivity index (χ3n) is 3.49. The molecule has 2 N–H and O–H groups in total. The number of rotatable bonds is 3. The van der Waals surface area contributed by atoms with E-state index in [4.69, 9.17) is 11.6 Å². The highest BCUT2D eigenvalue weighted by molar-refractivity contribution is 6.33. The molecule has 4 heteroatoms. The summed E-state index contributed by atoms with van der Waals surface area (Å²) in [4.78, 5) is 11.9. The van der Waals surface area contributed by atoms with E-state index in [1.165, 1.54) is 0 Å². The Morgan fingerprint density at radius 1 is 1.28 bits per heavy atom. The molecule has 1 aliphatic rings. The van der Waals surface area contributed by atoms with E-state index in [1.807, 2.05) is 6.07 Å². The summed E-state index contributed by atoms with van der Waals surface area (Å²) in [5, 5.41) is 12.8. The first-order valence-corrected chi connectivity index (χ1v) is 6.75. The molecule has 1 aromatic rings. The Balaban J connectivity index is 1.84. The summed E-state index contributed by atoms with van der Waals surface area (Å²) in [5.41, 5.74) is 0.523. The van der Waals surface area contributed by atoms with E-state index in [1.54, 1.807) is 18.2 Å². The topological polar surface area (TPSA) is 49.3 Å². The Hall–Kier alpha value is -1.06. The van der Waals surface area contributed by atoms with Crippen molar-refractivity contribution in [1.29, 1.82) is 0 Å². The lowest BCUT2D eigenvalue weighted by Gasteiger charge is -2.25. The second kappa shape index (κ2) is 6.21. The van der Waals surface area contributed by atoms with Crippen molar-refractivity contribution in [2.75, 3.05) is 6.54 Å².